The predicted octanol–water partition coefficient (Wildman–Crippen LogP) is 1.13. The number of rotatable bonds is 3. The average Bonchev–Trinajstić information content (AvgIpc) is 2.72. The fraction of sp³-hybridized carbons (Fsp3) is 0.600. The molecule has 0 radical (unpaired) electrons. The van der Waals surface area contributed by atoms with Gasteiger partial charge in [-0.2, -0.15) is 0 Å². The smallest absolute Gasteiger partial charge is 0.0718 e. The molecule has 0 spiro atoms. The van der Waals surface area contributed by atoms with Crippen LogP contribution in [-0.4, -0.2) is 25.8 Å². The summed E-state index contributed by atoms with van der Waals surface area (Å²) in [6, 6.07) is 4.26. The van der Waals surface area contributed by atoms with E-state index < -0.39 is 0 Å². The number of hydrogen-bond acceptors (Lipinski definition) is 4. The summed E-state index contributed by atoms with van der Waals surface area (Å²) < 4.78 is 5.61. The van der Waals surface area contributed by atoms with Crippen LogP contribution in [0.25, 0.3) is 0 Å². The first-order valence-corrected chi connectivity index (χ1v) is 5.85. The Morgan fingerprint density at radius 1 is 1.71 bits per heavy atom. The van der Waals surface area contributed by atoms with Crippen LogP contribution >= 0.6 is 11.3 Å². The summed E-state index contributed by atoms with van der Waals surface area (Å²) >= 11 is 1.72. The Labute approximate surface area is 88.3 Å². The number of nitrogens with one attached hydrogen (secondary N) is 1. The van der Waals surface area contributed by atoms with Crippen LogP contribution in [-0.2, 0) is 4.74 Å². The SMILES string of the molecule is NC(CC1CNCCO1)c1cccs1. The highest BCUT2D eigenvalue weighted by Gasteiger charge is 2.18. The topological polar surface area (TPSA) is 47.3 Å². The van der Waals surface area contributed by atoms with Gasteiger partial charge in [-0.1, -0.05) is 6.07 Å². The van der Waals surface area contributed by atoms with Crippen LogP contribution in [0, 0.1) is 0 Å². The molecule has 0 aromatic carbocycles. The summed E-state index contributed by atoms with van der Waals surface area (Å²) in [5.74, 6) is 0. The van der Waals surface area contributed by atoms with E-state index in [-0.39, 0.29) is 12.1 Å². The summed E-state index contributed by atoms with van der Waals surface area (Å²) in [7, 11) is 0. The van der Waals surface area contributed by atoms with E-state index in [9.17, 15) is 0 Å². The summed E-state index contributed by atoms with van der Waals surface area (Å²) in [4.78, 5) is 1.25. The second-order valence-electron chi connectivity index (χ2n) is 3.55. The monoisotopic (exact) mass is 212 g/mol. The van der Waals surface area contributed by atoms with Crippen molar-refractivity contribution in [2.45, 2.75) is 18.6 Å². The second kappa shape index (κ2) is 4.89. The van der Waals surface area contributed by atoms with Gasteiger partial charge in [0.25, 0.3) is 0 Å². The van der Waals surface area contributed by atoms with Crippen molar-refractivity contribution in [3.8, 4) is 0 Å². The third kappa shape index (κ3) is 2.54. The summed E-state index contributed by atoms with van der Waals surface area (Å²) in [6.07, 6.45) is 1.19. The average molecular weight is 212 g/mol. The molecular formula is C10H16N2OS. The predicted molar refractivity (Wildman–Crippen MR) is 58.5 cm³/mol. The van der Waals surface area contributed by atoms with Crippen LogP contribution in [0.2, 0.25) is 0 Å². The van der Waals surface area contributed by atoms with Crippen LogP contribution in [0.4, 0.5) is 0 Å². The van der Waals surface area contributed by atoms with E-state index in [1.807, 2.05) is 6.07 Å². The molecule has 1 aromatic heterocycles. The standard InChI is InChI=1S/C10H16N2OS/c11-9(10-2-1-5-14-10)6-8-7-12-3-4-13-8/h1-2,5,8-9,12H,3-4,6-7,11H2. The normalized spacial score (nSPS) is 24.8. The summed E-state index contributed by atoms with van der Waals surface area (Å²) in [5, 5.41) is 5.37. The molecular weight excluding hydrogens is 196 g/mol. The molecule has 2 atom stereocenters. The minimum absolute atomic E-state index is 0.125. The lowest BCUT2D eigenvalue weighted by Crippen LogP contribution is -2.39. The highest BCUT2D eigenvalue weighted by Crippen LogP contribution is 2.22. The maximum atomic E-state index is 6.07. The molecule has 2 heterocycles. The van der Waals surface area contributed by atoms with Gasteiger partial charge >= 0.3 is 0 Å². The van der Waals surface area contributed by atoms with E-state index in [0.717, 1.165) is 26.1 Å². The lowest BCUT2D eigenvalue weighted by atomic mass is 10.1. The highest BCUT2D eigenvalue weighted by atomic mass is 32.1. The minimum Gasteiger partial charge on any atom is -0.376 e. The number of morpholine rings is 1. The van der Waals surface area contributed by atoms with Crippen molar-refractivity contribution in [3.05, 3.63) is 22.4 Å². The molecule has 1 aliphatic heterocycles. The largest absolute Gasteiger partial charge is 0.376 e. The van der Waals surface area contributed by atoms with Crippen molar-refractivity contribution < 1.29 is 4.74 Å². The molecule has 3 nitrogen and oxygen atoms in total. The molecule has 0 bridgehead atoms. The first kappa shape index (κ1) is 10.1. The maximum absolute atomic E-state index is 6.07. The van der Waals surface area contributed by atoms with Crippen molar-refractivity contribution >= 4 is 11.3 Å². The zero-order chi connectivity index (χ0) is 9.80. The fourth-order valence-electron chi connectivity index (χ4n) is 1.67. The third-order valence-electron chi connectivity index (χ3n) is 2.43. The first-order chi connectivity index (χ1) is 6.86. The maximum Gasteiger partial charge on any atom is 0.0718 e. The van der Waals surface area contributed by atoms with Gasteiger partial charge in [-0.25, -0.2) is 0 Å². The van der Waals surface area contributed by atoms with Crippen LogP contribution in [0.3, 0.4) is 0 Å². The van der Waals surface area contributed by atoms with Crippen LogP contribution in [0.1, 0.15) is 17.3 Å². The third-order valence-corrected chi connectivity index (χ3v) is 3.43. The lowest BCUT2D eigenvalue weighted by Gasteiger charge is -2.25. The van der Waals surface area contributed by atoms with Gasteiger partial charge in [0.2, 0.25) is 0 Å². The van der Waals surface area contributed by atoms with E-state index in [2.05, 4.69) is 16.8 Å². The molecule has 3 N–H and O–H groups in total. The Bertz CT molecular complexity index is 257. The van der Waals surface area contributed by atoms with Crippen molar-refractivity contribution in [2.75, 3.05) is 19.7 Å². The molecule has 14 heavy (non-hydrogen) atoms. The highest BCUT2D eigenvalue weighted by molar-refractivity contribution is 7.10. The van der Waals surface area contributed by atoms with Crippen molar-refractivity contribution in [2.24, 2.45) is 5.73 Å². The van der Waals surface area contributed by atoms with Gasteiger partial charge in [-0.3, -0.25) is 0 Å². The van der Waals surface area contributed by atoms with Gasteiger partial charge in [0.1, 0.15) is 0 Å². The number of hydrogen-bond donors (Lipinski definition) is 2. The molecule has 1 aliphatic rings. The molecule has 4 heteroatoms. The van der Waals surface area contributed by atoms with E-state index >= 15 is 0 Å². The van der Waals surface area contributed by atoms with Crippen molar-refractivity contribution in [1.82, 2.24) is 5.32 Å². The summed E-state index contributed by atoms with van der Waals surface area (Å²) in [6.45, 7) is 2.70. The number of nitrogens with two attached hydrogens (primary N) is 1. The summed E-state index contributed by atoms with van der Waals surface area (Å²) in [5.41, 5.74) is 6.07. The number of ether oxygens (including phenoxy) is 1. The van der Waals surface area contributed by atoms with E-state index in [1.54, 1.807) is 11.3 Å². The van der Waals surface area contributed by atoms with Gasteiger partial charge in [0.15, 0.2) is 0 Å². The van der Waals surface area contributed by atoms with E-state index in [4.69, 9.17) is 10.5 Å². The Hall–Kier alpha value is -0.420. The zero-order valence-corrected chi connectivity index (χ0v) is 8.93. The van der Waals surface area contributed by atoms with E-state index in [0.29, 0.717) is 0 Å². The van der Waals surface area contributed by atoms with Crippen LogP contribution in [0.5, 0.6) is 0 Å². The van der Waals surface area contributed by atoms with Crippen LogP contribution < -0.4 is 11.1 Å². The molecule has 0 aliphatic carbocycles. The Morgan fingerprint density at radius 3 is 3.29 bits per heavy atom. The molecule has 1 aromatic rings. The van der Waals surface area contributed by atoms with E-state index in [1.165, 1.54) is 4.88 Å². The minimum atomic E-state index is 0.125. The Kier molecular flexibility index (Phi) is 3.53. The zero-order valence-electron chi connectivity index (χ0n) is 8.11. The molecule has 78 valence electrons. The first-order valence-electron chi connectivity index (χ1n) is 4.97. The molecule has 2 unspecified atom stereocenters. The molecule has 1 fully saturated rings. The number of thiophene rings is 1. The van der Waals surface area contributed by atoms with Gasteiger partial charge < -0.3 is 15.8 Å². The fourth-order valence-corrected chi connectivity index (χ4v) is 2.42. The lowest BCUT2D eigenvalue weighted by molar-refractivity contribution is 0.0197. The molecule has 0 saturated carbocycles. The van der Waals surface area contributed by atoms with Crippen molar-refractivity contribution in [1.29, 1.82) is 0 Å². The van der Waals surface area contributed by atoms with Crippen LogP contribution in [0.15, 0.2) is 17.5 Å². The molecule has 0 amide bonds. The molecule has 2 rings (SSSR count). The molecule has 1 saturated heterocycles. The Balaban J connectivity index is 1.84. The second-order valence-corrected chi connectivity index (χ2v) is 4.53. The van der Waals surface area contributed by atoms with Gasteiger partial charge in [0, 0.05) is 24.0 Å². The van der Waals surface area contributed by atoms with Gasteiger partial charge in [0.05, 0.1) is 12.7 Å². The van der Waals surface area contributed by atoms with Gasteiger partial charge in [-0.05, 0) is 17.9 Å². The quantitative estimate of drug-likeness (QED) is 0.789. The van der Waals surface area contributed by atoms with Gasteiger partial charge in [-0.15, -0.1) is 11.3 Å². The Morgan fingerprint density at radius 2 is 2.64 bits per heavy atom. The van der Waals surface area contributed by atoms with Crippen molar-refractivity contribution in [3.63, 3.8) is 0 Å².